The molecular weight excluding hydrogens is 986 g/mol. The summed E-state index contributed by atoms with van der Waals surface area (Å²) in [5.41, 5.74) is -5.51. The number of nitrogens with zero attached hydrogens (tertiary/aromatic N) is 1. The molecule has 316 valence electrons. The molecule has 1 nitrogen and oxygen atoms in total. The van der Waals surface area contributed by atoms with Crippen molar-refractivity contribution in [2.45, 2.75) is 5.41 Å². The highest BCUT2D eigenvalue weighted by Crippen LogP contribution is 2.52. The lowest BCUT2D eigenvalue weighted by atomic mass is 9.49. The predicted molar refractivity (Wildman–Crippen MR) is 394 cm³/mol. The van der Waals surface area contributed by atoms with E-state index in [1.54, 1.807) is 11.0 Å². The minimum Gasteiger partial charge on any atom is -0.311 e. The SMILES string of the molecule is [B]c1cc(N(c2cc([B])c(-c3c([B])c([B])c([B])c([B])c3[B])c([B])c2)c2cc([B])c(-c3c([B])c([B])c([B])c4c([B])c([B])c([B])c([B])c34)c([B])c2)cc(C2(c3c([B])c([B])c([B])c([B])c3[B])c3c([B])c([B])c([B])c([B])c3-c3c([B])c([B])c([B])c([B])c32)c1[B]. The number of benzene rings is 9. The molecule has 10 rings (SSSR count). The molecule has 0 unspecified atom stereocenters. The van der Waals surface area contributed by atoms with E-state index in [0.29, 0.717) is 0 Å². The fourth-order valence-corrected chi connectivity index (χ4v) is 12.0. The third kappa shape index (κ3) is 8.79. The monoisotopic (exact) mass is 997 g/mol. The van der Waals surface area contributed by atoms with Crippen LogP contribution in [0.15, 0.2) is 36.4 Å². The number of hydrogen-bond donors (Lipinski definition) is 0. The Kier molecular flexibility index (Phi) is 16.3. The second-order valence-corrected chi connectivity index (χ2v) is 20.8. The topological polar surface area (TPSA) is 3.24 Å². The number of hydrogen-bond acceptors (Lipinski definition) is 1. The largest absolute Gasteiger partial charge is 0.311 e. The van der Waals surface area contributed by atoms with Crippen molar-refractivity contribution in [3.8, 4) is 33.4 Å². The van der Waals surface area contributed by atoms with E-state index in [-0.39, 0.29) is 253 Å². The first-order valence-electron chi connectivity index (χ1n) is 25.1. The Balaban J connectivity index is 1.40. The van der Waals surface area contributed by atoms with Crippen molar-refractivity contribution in [3.63, 3.8) is 0 Å². The van der Waals surface area contributed by atoms with Gasteiger partial charge in [0.2, 0.25) is 0 Å². The minimum absolute atomic E-state index is 0.00494. The first-order valence-corrected chi connectivity index (χ1v) is 25.1. The van der Waals surface area contributed by atoms with Crippen LogP contribution in [0.4, 0.5) is 17.1 Å². The molecule has 85 heavy (non-hydrogen) atoms. The van der Waals surface area contributed by atoms with Gasteiger partial charge in [-0.2, -0.15) is 0 Å². The summed E-state index contributed by atoms with van der Waals surface area (Å²) in [5.74, 6) is 0. The molecule has 1 aliphatic rings. The van der Waals surface area contributed by atoms with E-state index in [1.165, 1.54) is 30.3 Å². The lowest BCUT2D eigenvalue weighted by molar-refractivity contribution is 0.799. The standard InChI is InChI=1S/C53H6B31N/c54-11-2-8(3-12(55)16(11)18-19-23(34(66)40(72)28(18)60)35(67)44(76)41(73)29(19)61)85(9-4-13(56)17(14(57)5-9)22-32(64)45(77)51(83)46(78)33(22)65)7-1-10(27(59)15(58)6-7)53(26-38(70)49(81)52(84)50(82)39(26)71)24-20(30(62)42(74)47(79)36(24)68)21-25(53)37(69)48(80)43(75)31(21)63/h1-6H. The number of fused-ring (bicyclic) bond motifs is 4. The highest BCUT2D eigenvalue weighted by molar-refractivity contribution is 6.75. The van der Waals surface area contributed by atoms with Crippen LogP contribution >= 0.6 is 0 Å². The second-order valence-electron chi connectivity index (χ2n) is 20.8. The molecule has 0 bridgehead atoms. The van der Waals surface area contributed by atoms with Gasteiger partial charge >= 0.3 is 0 Å². The lowest BCUT2D eigenvalue weighted by Crippen LogP contribution is -2.62. The third-order valence-electron chi connectivity index (χ3n) is 16.4. The quantitative estimate of drug-likeness (QED) is 0.144. The Morgan fingerprint density at radius 2 is 0.435 bits per heavy atom. The van der Waals surface area contributed by atoms with E-state index < -0.39 is 5.41 Å². The Morgan fingerprint density at radius 3 is 0.812 bits per heavy atom. The molecule has 0 atom stereocenters. The molecule has 9 aromatic carbocycles. The number of anilines is 3. The Morgan fingerprint density at radius 1 is 0.188 bits per heavy atom. The Hall–Kier alpha value is -4.95. The molecule has 0 N–H and O–H groups in total. The van der Waals surface area contributed by atoms with Crippen molar-refractivity contribution in [2.75, 3.05) is 4.90 Å². The van der Waals surface area contributed by atoms with Gasteiger partial charge in [0.05, 0.1) is 5.41 Å². The van der Waals surface area contributed by atoms with Crippen LogP contribution in [-0.4, -0.2) is 243 Å². The van der Waals surface area contributed by atoms with E-state index in [4.69, 9.17) is 243 Å². The van der Waals surface area contributed by atoms with Crippen LogP contribution in [0.2, 0.25) is 0 Å². The molecule has 0 amide bonds. The Labute approximate surface area is 538 Å². The minimum atomic E-state index is -2.25. The van der Waals surface area contributed by atoms with Gasteiger partial charge in [0.15, 0.2) is 0 Å². The average molecular weight is 992 g/mol. The highest BCUT2D eigenvalue weighted by Gasteiger charge is 2.51. The summed E-state index contributed by atoms with van der Waals surface area (Å²) >= 11 is 0. The van der Waals surface area contributed by atoms with E-state index in [0.717, 1.165) is 0 Å². The lowest BCUT2D eigenvalue weighted by Gasteiger charge is -2.44. The average Bonchev–Trinajstić information content (AvgIpc) is 1.55. The highest BCUT2D eigenvalue weighted by atomic mass is 15.1. The molecule has 0 saturated heterocycles. The fourth-order valence-electron chi connectivity index (χ4n) is 12.0. The number of rotatable bonds is 7. The molecule has 0 fully saturated rings. The maximum Gasteiger partial charge on any atom is 0.114 e. The van der Waals surface area contributed by atoms with Crippen LogP contribution in [-0.2, 0) is 5.41 Å². The van der Waals surface area contributed by atoms with E-state index in [9.17, 15) is 0 Å². The first-order chi connectivity index (χ1) is 39.6. The first kappa shape index (κ1) is 63.1. The van der Waals surface area contributed by atoms with Crippen LogP contribution < -0.4 is 174 Å². The summed E-state index contributed by atoms with van der Waals surface area (Å²) in [6.45, 7) is 0. The van der Waals surface area contributed by atoms with Crippen molar-refractivity contribution in [1.29, 1.82) is 0 Å². The van der Waals surface area contributed by atoms with Gasteiger partial charge in [-0.1, -0.05) is 81.9 Å². The van der Waals surface area contributed by atoms with E-state index >= 15 is 0 Å². The molecule has 0 spiro atoms. The molecule has 0 heterocycles. The van der Waals surface area contributed by atoms with Crippen molar-refractivity contribution < 1.29 is 0 Å². The van der Waals surface area contributed by atoms with Crippen molar-refractivity contribution in [1.82, 2.24) is 0 Å². The van der Waals surface area contributed by atoms with Gasteiger partial charge < -0.3 is 4.90 Å². The summed E-state index contributed by atoms with van der Waals surface area (Å²) in [4.78, 5) is 1.57. The predicted octanol–water partition coefficient (Wildman–Crippen LogP) is -23.4. The van der Waals surface area contributed by atoms with Crippen molar-refractivity contribution >= 4 is 440 Å². The van der Waals surface area contributed by atoms with Crippen LogP contribution in [0.5, 0.6) is 0 Å². The van der Waals surface area contributed by atoms with Crippen LogP contribution in [0.1, 0.15) is 22.3 Å². The zero-order chi connectivity index (χ0) is 62.9. The normalized spacial score (nSPS) is 12.4. The molecule has 9 aromatic rings. The zero-order valence-electron chi connectivity index (χ0n) is 45.3. The van der Waals surface area contributed by atoms with Crippen molar-refractivity contribution in [3.05, 3.63) is 58.7 Å². The summed E-state index contributed by atoms with van der Waals surface area (Å²) in [6, 6.07) is 9.04. The summed E-state index contributed by atoms with van der Waals surface area (Å²) in [7, 11) is 211. The maximum atomic E-state index is 7.35. The zero-order valence-corrected chi connectivity index (χ0v) is 45.3. The van der Waals surface area contributed by atoms with Gasteiger partial charge in [0, 0.05) is 17.1 Å². The van der Waals surface area contributed by atoms with Gasteiger partial charge in [-0.25, -0.2) is 0 Å². The summed E-state index contributed by atoms with van der Waals surface area (Å²) in [5, 5.41) is 0.270. The van der Waals surface area contributed by atoms with Gasteiger partial charge in [-0.15, -0.1) is 87.4 Å². The van der Waals surface area contributed by atoms with Crippen LogP contribution in [0.25, 0.3) is 44.2 Å². The van der Waals surface area contributed by atoms with E-state index in [1.807, 2.05) is 0 Å². The fraction of sp³-hybridized carbons (Fsp3) is 0.0189. The summed E-state index contributed by atoms with van der Waals surface area (Å²) in [6.07, 6.45) is 0. The molecule has 1 aliphatic carbocycles. The summed E-state index contributed by atoms with van der Waals surface area (Å²) < 4.78 is 0. The Bertz CT molecular complexity index is 4390. The second kappa shape index (κ2) is 22.0. The van der Waals surface area contributed by atoms with Crippen LogP contribution in [0, 0.1) is 0 Å². The maximum absolute atomic E-state index is 7.35. The molecule has 32 heteroatoms. The van der Waals surface area contributed by atoms with Crippen molar-refractivity contribution in [2.24, 2.45) is 0 Å². The third-order valence-corrected chi connectivity index (χ3v) is 16.4. The molecule has 0 saturated carbocycles. The van der Waals surface area contributed by atoms with Gasteiger partial charge in [0.25, 0.3) is 0 Å². The van der Waals surface area contributed by atoms with Crippen LogP contribution in [0.3, 0.4) is 0 Å². The van der Waals surface area contributed by atoms with Gasteiger partial charge in [0.1, 0.15) is 243 Å². The van der Waals surface area contributed by atoms with Gasteiger partial charge in [-0.3, -0.25) is 0 Å². The van der Waals surface area contributed by atoms with E-state index in [2.05, 4.69) is 0 Å². The molecule has 0 aromatic heterocycles. The molecule has 0 aliphatic heterocycles. The molecular formula is C53H6B31N. The molecule has 62 radical (unpaired) electrons. The van der Waals surface area contributed by atoms with Gasteiger partial charge in [-0.05, 0) is 103 Å². The smallest absolute Gasteiger partial charge is 0.114 e.